The van der Waals surface area contributed by atoms with Crippen LogP contribution in [0.2, 0.25) is 0 Å². The summed E-state index contributed by atoms with van der Waals surface area (Å²) in [5, 5.41) is 8.83. The van der Waals surface area contributed by atoms with Crippen LogP contribution in [-0.2, 0) is 4.79 Å². The molecule has 0 aromatic heterocycles. The zero-order chi connectivity index (χ0) is 11.8. The van der Waals surface area contributed by atoms with E-state index >= 15 is 0 Å². The van der Waals surface area contributed by atoms with Crippen LogP contribution >= 0.6 is 0 Å². The summed E-state index contributed by atoms with van der Waals surface area (Å²) < 4.78 is 12.6. The number of carbonyl (C=O) groups is 1. The molecule has 0 aromatic rings. The second-order valence-electron chi connectivity index (χ2n) is 3.41. The average molecular weight is 215 g/mol. The molecule has 0 aliphatic rings. The van der Waals surface area contributed by atoms with Crippen molar-refractivity contribution < 1.29 is 9.18 Å². The van der Waals surface area contributed by atoms with E-state index in [0.29, 0.717) is 6.42 Å². The SMILES string of the molecule is CCC(C#N)N(CCC(C)F)C(=O)CN. The average Bonchev–Trinajstić information content (AvgIpc) is 2.22. The number of nitriles is 1. The maximum atomic E-state index is 12.6. The van der Waals surface area contributed by atoms with Crippen LogP contribution in [0.25, 0.3) is 0 Å². The fourth-order valence-corrected chi connectivity index (χ4v) is 1.27. The lowest BCUT2D eigenvalue weighted by Gasteiger charge is -2.26. The normalized spacial score (nSPS) is 14.1. The summed E-state index contributed by atoms with van der Waals surface area (Å²) in [4.78, 5) is 12.8. The van der Waals surface area contributed by atoms with Crippen LogP contribution in [0.3, 0.4) is 0 Å². The molecule has 0 aromatic carbocycles. The summed E-state index contributed by atoms with van der Waals surface area (Å²) in [5.74, 6) is -0.302. The van der Waals surface area contributed by atoms with E-state index < -0.39 is 12.2 Å². The molecule has 0 heterocycles. The Labute approximate surface area is 89.8 Å². The van der Waals surface area contributed by atoms with Gasteiger partial charge in [0.1, 0.15) is 6.04 Å². The third-order valence-corrected chi connectivity index (χ3v) is 2.17. The van der Waals surface area contributed by atoms with Crippen LogP contribution in [0, 0.1) is 11.3 Å². The number of nitrogens with two attached hydrogens (primary N) is 1. The van der Waals surface area contributed by atoms with Crippen molar-refractivity contribution in [1.29, 1.82) is 5.26 Å². The quantitative estimate of drug-likeness (QED) is 0.713. The van der Waals surface area contributed by atoms with Crippen LogP contribution < -0.4 is 5.73 Å². The number of hydrogen-bond donors (Lipinski definition) is 1. The summed E-state index contributed by atoms with van der Waals surface area (Å²) >= 11 is 0. The number of rotatable bonds is 6. The van der Waals surface area contributed by atoms with Gasteiger partial charge in [0.15, 0.2) is 0 Å². The molecular weight excluding hydrogens is 197 g/mol. The molecule has 86 valence electrons. The Morgan fingerprint density at radius 3 is 2.60 bits per heavy atom. The van der Waals surface area contributed by atoms with Crippen LogP contribution in [0.1, 0.15) is 26.7 Å². The minimum Gasteiger partial charge on any atom is -0.325 e. The maximum absolute atomic E-state index is 12.6. The molecule has 2 unspecified atom stereocenters. The van der Waals surface area contributed by atoms with Gasteiger partial charge in [-0.3, -0.25) is 4.79 Å². The summed E-state index contributed by atoms with van der Waals surface area (Å²) in [5.41, 5.74) is 5.23. The van der Waals surface area contributed by atoms with Gasteiger partial charge in [-0.2, -0.15) is 5.26 Å². The molecule has 2 atom stereocenters. The van der Waals surface area contributed by atoms with Gasteiger partial charge in [-0.05, 0) is 19.8 Å². The van der Waals surface area contributed by atoms with Crippen molar-refractivity contribution in [3.05, 3.63) is 0 Å². The summed E-state index contributed by atoms with van der Waals surface area (Å²) in [6.07, 6.45) is -0.207. The Balaban J connectivity index is 4.44. The summed E-state index contributed by atoms with van der Waals surface area (Å²) in [6.45, 7) is 3.35. The number of amides is 1. The molecule has 5 heteroatoms. The lowest BCUT2D eigenvalue weighted by Crippen LogP contribution is -2.43. The second kappa shape index (κ2) is 7.18. The van der Waals surface area contributed by atoms with E-state index in [1.54, 1.807) is 0 Å². The number of nitrogens with zero attached hydrogens (tertiary/aromatic N) is 2. The predicted octanol–water partition coefficient (Wildman–Crippen LogP) is 0.824. The van der Waals surface area contributed by atoms with Gasteiger partial charge in [-0.25, -0.2) is 4.39 Å². The van der Waals surface area contributed by atoms with Crippen LogP contribution in [0.4, 0.5) is 4.39 Å². The van der Waals surface area contributed by atoms with Gasteiger partial charge >= 0.3 is 0 Å². The highest BCUT2D eigenvalue weighted by Gasteiger charge is 2.21. The molecule has 0 saturated heterocycles. The molecule has 0 radical (unpaired) electrons. The van der Waals surface area contributed by atoms with Gasteiger partial charge in [-0.15, -0.1) is 0 Å². The first kappa shape index (κ1) is 13.8. The van der Waals surface area contributed by atoms with E-state index in [-0.39, 0.29) is 25.4 Å². The fourth-order valence-electron chi connectivity index (χ4n) is 1.27. The molecule has 15 heavy (non-hydrogen) atoms. The third-order valence-electron chi connectivity index (χ3n) is 2.17. The highest BCUT2D eigenvalue weighted by atomic mass is 19.1. The van der Waals surface area contributed by atoms with Crippen molar-refractivity contribution in [2.45, 2.75) is 38.9 Å². The number of alkyl halides is 1. The van der Waals surface area contributed by atoms with Crippen LogP contribution in [0.15, 0.2) is 0 Å². The van der Waals surface area contributed by atoms with Crippen molar-refractivity contribution in [2.24, 2.45) is 5.73 Å². The summed E-state index contributed by atoms with van der Waals surface area (Å²) in [6, 6.07) is 1.52. The Bertz CT molecular complexity index is 237. The Hall–Kier alpha value is -1.15. The molecule has 0 saturated carbocycles. The smallest absolute Gasteiger partial charge is 0.237 e. The zero-order valence-corrected chi connectivity index (χ0v) is 9.24. The highest BCUT2D eigenvalue weighted by molar-refractivity contribution is 5.78. The number of hydrogen-bond acceptors (Lipinski definition) is 3. The zero-order valence-electron chi connectivity index (χ0n) is 9.24. The lowest BCUT2D eigenvalue weighted by atomic mass is 10.2. The van der Waals surface area contributed by atoms with E-state index in [1.807, 2.05) is 13.0 Å². The van der Waals surface area contributed by atoms with E-state index in [1.165, 1.54) is 11.8 Å². The molecular formula is C10H18FN3O. The predicted molar refractivity (Wildman–Crippen MR) is 55.6 cm³/mol. The van der Waals surface area contributed by atoms with Gasteiger partial charge < -0.3 is 10.6 Å². The van der Waals surface area contributed by atoms with E-state index in [4.69, 9.17) is 11.0 Å². The van der Waals surface area contributed by atoms with Gasteiger partial charge in [0, 0.05) is 6.54 Å². The van der Waals surface area contributed by atoms with Crippen molar-refractivity contribution in [3.8, 4) is 6.07 Å². The monoisotopic (exact) mass is 215 g/mol. The first-order valence-corrected chi connectivity index (χ1v) is 5.10. The molecule has 0 rings (SSSR count). The minimum atomic E-state index is -0.978. The van der Waals surface area contributed by atoms with E-state index in [0.717, 1.165) is 0 Å². The second-order valence-corrected chi connectivity index (χ2v) is 3.41. The third kappa shape index (κ3) is 4.75. The summed E-state index contributed by atoms with van der Waals surface area (Å²) in [7, 11) is 0. The van der Waals surface area contributed by atoms with Crippen molar-refractivity contribution in [1.82, 2.24) is 4.90 Å². The molecule has 4 nitrogen and oxygen atoms in total. The van der Waals surface area contributed by atoms with Gasteiger partial charge in [0.2, 0.25) is 5.91 Å². The standard InChI is InChI=1S/C10H18FN3O/c1-3-9(6-12)14(10(15)7-13)5-4-8(2)11/h8-9H,3-5,7,13H2,1-2H3. The molecule has 0 spiro atoms. The van der Waals surface area contributed by atoms with Crippen molar-refractivity contribution in [2.75, 3.05) is 13.1 Å². The first-order chi connectivity index (χ1) is 7.06. The number of halogens is 1. The molecule has 0 aliphatic carbocycles. The van der Waals surface area contributed by atoms with Gasteiger partial charge in [0.05, 0.1) is 18.8 Å². The minimum absolute atomic E-state index is 0.140. The Kier molecular flexibility index (Phi) is 6.63. The molecule has 0 bridgehead atoms. The Morgan fingerprint density at radius 2 is 2.27 bits per heavy atom. The lowest BCUT2D eigenvalue weighted by molar-refractivity contribution is -0.131. The topological polar surface area (TPSA) is 70.1 Å². The van der Waals surface area contributed by atoms with Crippen LogP contribution in [0.5, 0.6) is 0 Å². The molecule has 0 fully saturated rings. The van der Waals surface area contributed by atoms with Gasteiger partial charge in [-0.1, -0.05) is 6.92 Å². The fraction of sp³-hybridized carbons (Fsp3) is 0.800. The van der Waals surface area contributed by atoms with Gasteiger partial charge in [0.25, 0.3) is 0 Å². The highest BCUT2D eigenvalue weighted by Crippen LogP contribution is 2.07. The number of carbonyl (C=O) groups excluding carboxylic acids is 1. The van der Waals surface area contributed by atoms with Crippen molar-refractivity contribution >= 4 is 5.91 Å². The first-order valence-electron chi connectivity index (χ1n) is 5.10. The largest absolute Gasteiger partial charge is 0.325 e. The Morgan fingerprint density at radius 1 is 1.67 bits per heavy atom. The van der Waals surface area contributed by atoms with E-state index in [2.05, 4.69) is 0 Å². The molecule has 2 N–H and O–H groups in total. The maximum Gasteiger partial charge on any atom is 0.237 e. The van der Waals surface area contributed by atoms with Crippen molar-refractivity contribution in [3.63, 3.8) is 0 Å². The molecule has 0 aliphatic heterocycles. The molecule has 1 amide bonds. The van der Waals surface area contributed by atoms with Crippen LogP contribution in [-0.4, -0.2) is 36.1 Å². The van der Waals surface area contributed by atoms with E-state index in [9.17, 15) is 9.18 Å².